The van der Waals surface area contributed by atoms with E-state index in [2.05, 4.69) is 29.8 Å². The van der Waals surface area contributed by atoms with E-state index in [1.165, 1.54) is 70.6 Å². The molecule has 0 aromatic rings. The van der Waals surface area contributed by atoms with Crippen LogP contribution < -0.4 is 0 Å². The first-order chi connectivity index (χ1) is 31.0. The molecule has 1 saturated carbocycles. The molecule has 0 aromatic heterocycles. The SMILES string of the molecule is CCCCC[C@H](O)/C=C/[C@H]1[C@H](O)CC(=O)[C@@H]1C/C=C\CCCC(=O)OC[C@H](COP(=O)(O)OC[C@@H](O)COP(=O)(O)O)OC(=O)CCCCCCCCCCCCCCCCC(C)CC. The Bertz CT molecular complexity index is 1420. The Labute approximate surface area is 389 Å². The van der Waals surface area contributed by atoms with Crippen LogP contribution in [-0.4, -0.2) is 98.6 Å². The first kappa shape index (κ1) is 61.2. The Hall–Kier alpha value is -1.81. The molecule has 380 valence electrons. The van der Waals surface area contributed by atoms with Crippen LogP contribution in [0.1, 0.15) is 188 Å². The lowest BCUT2D eigenvalue weighted by molar-refractivity contribution is -0.161. The van der Waals surface area contributed by atoms with E-state index < -0.39 is 84.3 Å². The van der Waals surface area contributed by atoms with Crippen LogP contribution in [0, 0.1) is 17.8 Å². The molecule has 1 aliphatic rings. The van der Waals surface area contributed by atoms with Gasteiger partial charge >= 0.3 is 27.6 Å². The molecule has 1 aliphatic carbocycles. The van der Waals surface area contributed by atoms with Crippen molar-refractivity contribution in [2.75, 3.05) is 26.4 Å². The molecule has 8 atom stereocenters. The van der Waals surface area contributed by atoms with E-state index in [1.54, 1.807) is 12.2 Å². The van der Waals surface area contributed by atoms with Crippen LogP contribution in [0.15, 0.2) is 24.3 Å². The maximum absolute atomic E-state index is 12.8. The van der Waals surface area contributed by atoms with E-state index in [-0.39, 0.29) is 31.0 Å². The van der Waals surface area contributed by atoms with Crippen molar-refractivity contribution in [3.05, 3.63) is 24.3 Å². The lowest BCUT2D eigenvalue weighted by atomic mass is 9.90. The molecule has 0 heterocycles. The van der Waals surface area contributed by atoms with E-state index in [9.17, 15) is 43.7 Å². The number of phosphoric ester groups is 2. The fourth-order valence-electron chi connectivity index (χ4n) is 7.54. The van der Waals surface area contributed by atoms with Gasteiger partial charge in [0.15, 0.2) is 6.10 Å². The summed E-state index contributed by atoms with van der Waals surface area (Å²) >= 11 is 0. The minimum Gasteiger partial charge on any atom is -0.462 e. The van der Waals surface area contributed by atoms with Crippen molar-refractivity contribution < 1.29 is 76.6 Å². The fraction of sp³-hybridized carbons (Fsp3) is 0.851. The van der Waals surface area contributed by atoms with Crippen LogP contribution >= 0.6 is 15.6 Å². The van der Waals surface area contributed by atoms with Crippen molar-refractivity contribution in [2.45, 2.75) is 212 Å². The molecular weight excluding hydrogens is 882 g/mol. The molecule has 0 amide bonds. The van der Waals surface area contributed by atoms with Gasteiger partial charge in [0.2, 0.25) is 0 Å². The van der Waals surface area contributed by atoms with Gasteiger partial charge in [0.1, 0.15) is 18.5 Å². The number of carbonyl (C=O) groups is 3. The highest BCUT2D eigenvalue weighted by molar-refractivity contribution is 7.47. The quantitative estimate of drug-likeness (QED) is 0.0144. The van der Waals surface area contributed by atoms with Crippen molar-refractivity contribution >= 4 is 33.4 Å². The summed E-state index contributed by atoms with van der Waals surface area (Å²) in [6, 6.07) is 0. The van der Waals surface area contributed by atoms with Crippen molar-refractivity contribution in [2.24, 2.45) is 17.8 Å². The Balaban J connectivity index is 2.51. The largest absolute Gasteiger partial charge is 0.472 e. The third kappa shape index (κ3) is 34.2. The van der Waals surface area contributed by atoms with Gasteiger partial charge in [0.25, 0.3) is 0 Å². The Morgan fingerprint density at radius 3 is 1.86 bits per heavy atom. The summed E-state index contributed by atoms with van der Waals surface area (Å²) < 4.78 is 47.9. The van der Waals surface area contributed by atoms with Crippen molar-refractivity contribution in [1.82, 2.24) is 0 Å². The van der Waals surface area contributed by atoms with Gasteiger partial charge in [-0.3, -0.25) is 28.0 Å². The van der Waals surface area contributed by atoms with E-state index in [0.29, 0.717) is 32.1 Å². The number of hydrogen-bond donors (Lipinski definition) is 6. The lowest BCUT2D eigenvalue weighted by Crippen LogP contribution is -2.30. The average molecular weight is 969 g/mol. The van der Waals surface area contributed by atoms with Crippen LogP contribution in [0.2, 0.25) is 0 Å². The molecule has 6 N–H and O–H groups in total. The van der Waals surface area contributed by atoms with Gasteiger partial charge in [-0.1, -0.05) is 161 Å². The summed E-state index contributed by atoms with van der Waals surface area (Å²) in [6.07, 6.45) is 26.7. The van der Waals surface area contributed by atoms with Crippen molar-refractivity contribution in [1.29, 1.82) is 0 Å². The maximum Gasteiger partial charge on any atom is 0.472 e. The molecule has 0 bridgehead atoms. The molecule has 65 heavy (non-hydrogen) atoms. The summed E-state index contributed by atoms with van der Waals surface area (Å²) in [6.45, 7) is 3.73. The average Bonchev–Trinajstić information content (AvgIpc) is 3.53. The van der Waals surface area contributed by atoms with E-state index in [0.717, 1.165) is 50.9 Å². The number of unbranched alkanes of at least 4 members (excludes halogenated alkanes) is 16. The predicted molar refractivity (Wildman–Crippen MR) is 249 cm³/mol. The molecule has 18 heteroatoms. The molecule has 16 nitrogen and oxygen atoms in total. The molecule has 0 radical (unpaired) electrons. The Kier molecular flexibility index (Phi) is 35.0. The zero-order valence-electron chi connectivity index (χ0n) is 39.7. The molecule has 0 aliphatic heterocycles. The highest BCUT2D eigenvalue weighted by Gasteiger charge is 2.39. The number of ketones is 1. The number of aliphatic hydroxyl groups excluding tert-OH is 3. The molecule has 0 saturated heterocycles. The first-order valence-electron chi connectivity index (χ1n) is 24.5. The van der Waals surface area contributed by atoms with Gasteiger partial charge in [0.05, 0.1) is 32.0 Å². The number of aliphatic hydroxyl groups is 3. The Morgan fingerprint density at radius 2 is 1.26 bits per heavy atom. The minimum absolute atomic E-state index is 0.00311. The molecular formula is C47H86O16P2. The van der Waals surface area contributed by atoms with Gasteiger partial charge < -0.3 is 39.5 Å². The van der Waals surface area contributed by atoms with Crippen LogP contribution in [-0.2, 0) is 46.6 Å². The number of Topliss-reactive ketones (excluding diaryl/α,β-unsaturated/α-hetero) is 1. The molecule has 0 aromatic carbocycles. The number of hydrogen-bond acceptors (Lipinski definition) is 13. The molecule has 2 unspecified atom stereocenters. The summed E-state index contributed by atoms with van der Waals surface area (Å²) in [5.41, 5.74) is 0. The predicted octanol–water partition coefficient (Wildman–Crippen LogP) is 9.51. The number of allylic oxidation sites excluding steroid dienone is 2. The number of rotatable bonds is 42. The number of esters is 2. The third-order valence-corrected chi connectivity index (χ3v) is 13.2. The number of ether oxygens (including phenoxy) is 2. The monoisotopic (exact) mass is 969 g/mol. The smallest absolute Gasteiger partial charge is 0.462 e. The second-order valence-electron chi connectivity index (χ2n) is 17.8. The zero-order valence-corrected chi connectivity index (χ0v) is 41.5. The van der Waals surface area contributed by atoms with Gasteiger partial charge in [-0.25, -0.2) is 9.13 Å². The van der Waals surface area contributed by atoms with Crippen LogP contribution in [0.5, 0.6) is 0 Å². The van der Waals surface area contributed by atoms with Crippen LogP contribution in [0.3, 0.4) is 0 Å². The van der Waals surface area contributed by atoms with E-state index in [1.807, 2.05) is 12.2 Å². The summed E-state index contributed by atoms with van der Waals surface area (Å²) in [7, 11) is -9.77. The highest BCUT2D eigenvalue weighted by atomic mass is 31.2. The molecule has 0 spiro atoms. The first-order valence-corrected chi connectivity index (χ1v) is 27.6. The fourth-order valence-corrected chi connectivity index (χ4v) is 8.70. The summed E-state index contributed by atoms with van der Waals surface area (Å²) in [5.74, 6) is -1.21. The van der Waals surface area contributed by atoms with Gasteiger partial charge in [-0.2, -0.15) is 0 Å². The minimum atomic E-state index is -4.90. The van der Waals surface area contributed by atoms with Gasteiger partial charge in [-0.15, -0.1) is 0 Å². The van der Waals surface area contributed by atoms with Gasteiger partial charge in [-0.05, 0) is 38.0 Å². The summed E-state index contributed by atoms with van der Waals surface area (Å²) in [5, 5.41) is 30.5. The second-order valence-corrected chi connectivity index (χ2v) is 20.5. The second kappa shape index (κ2) is 37.1. The maximum atomic E-state index is 12.8. The standard InChI is InChI=1S/C47H86O16P2/c1-4-6-21-27-39(48)31-32-43-42(44(50)33-45(43)51)28-23-19-20-24-29-46(52)59-36-41(37-62-65(57,58)61-35-40(49)34-60-64(54,55)56)63-47(53)30-25-18-16-14-12-10-8-7-9-11-13-15-17-22-26-38(3)5-2/h19,23,31-32,38-43,45,48-49,51H,4-18,20-22,24-30,33-37H2,1-3H3,(H,57,58)(H2,54,55,56)/b23-19-,32-31+/t38?,39-,40-,41+,42+,43+,45+/m0/s1. The van der Waals surface area contributed by atoms with Gasteiger partial charge in [0, 0.05) is 31.1 Å². The topological polar surface area (TPSA) is 253 Å². The van der Waals surface area contributed by atoms with Crippen LogP contribution in [0.4, 0.5) is 0 Å². The summed E-state index contributed by atoms with van der Waals surface area (Å²) in [4.78, 5) is 65.6. The van der Waals surface area contributed by atoms with Crippen molar-refractivity contribution in [3.8, 4) is 0 Å². The van der Waals surface area contributed by atoms with Crippen molar-refractivity contribution in [3.63, 3.8) is 0 Å². The third-order valence-electron chi connectivity index (χ3n) is 11.7. The van der Waals surface area contributed by atoms with E-state index in [4.69, 9.17) is 23.8 Å². The number of phosphoric acid groups is 2. The van der Waals surface area contributed by atoms with E-state index >= 15 is 0 Å². The lowest BCUT2D eigenvalue weighted by Gasteiger charge is -2.20. The zero-order chi connectivity index (χ0) is 48.4. The normalized spacial score (nSPS) is 19.7. The van der Waals surface area contributed by atoms with Crippen LogP contribution in [0.25, 0.3) is 0 Å². The molecule has 1 fully saturated rings. The highest BCUT2D eigenvalue weighted by Crippen LogP contribution is 2.44. The molecule has 1 rings (SSSR count). The number of carbonyl (C=O) groups excluding carboxylic acids is 3. The Morgan fingerprint density at radius 1 is 0.708 bits per heavy atom.